The lowest BCUT2D eigenvalue weighted by Gasteiger charge is -1.37. The maximum Gasteiger partial charge on any atom is 0.142 e. The summed E-state index contributed by atoms with van der Waals surface area (Å²) in [4.78, 5) is 9.06. The molecule has 0 aromatic heterocycles. The van der Waals surface area contributed by atoms with E-state index in [0.29, 0.717) is 6.29 Å². The Morgan fingerprint density at radius 3 is 1.86 bits per heavy atom. The molecule has 1 aliphatic rings. The molecule has 0 unspecified atom stereocenters. The molecule has 0 aromatic rings. The molecule has 1 aliphatic heterocycles. The summed E-state index contributed by atoms with van der Waals surface area (Å²) >= 11 is 0. The second kappa shape index (κ2) is 5.37. The number of aldehydes is 1. The molecule has 2 heteroatoms. The van der Waals surface area contributed by atoms with Crippen LogP contribution in [0.15, 0.2) is 12.7 Å². The van der Waals surface area contributed by atoms with E-state index >= 15 is 0 Å². The molecule has 1 heterocycles. The van der Waals surface area contributed by atoms with Gasteiger partial charge in [-0.05, 0) is 6.08 Å². The first-order valence-electron chi connectivity index (χ1n) is 2.05. The van der Waals surface area contributed by atoms with Crippen molar-refractivity contribution in [2.75, 3.05) is 13.2 Å². The number of epoxide rings is 1. The van der Waals surface area contributed by atoms with Gasteiger partial charge in [-0.1, -0.05) is 6.58 Å². The summed E-state index contributed by atoms with van der Waals surface area (Å²) in [5, 5.41) is 0. The average molecular weight is 100 g/mol. The van der Waals surface area contributed by atoms with Gasteiger partial charge < -0.3 is 4.74 Å². The minimum absolute atomic E-state index is 0.639. The van der Waals surface area contributed by atoms with E-state index in [2.05, 4.69) is 11.3 Å². The molecule has 1 rings (SSSR count). The van der Waals surface area contributed by atoms with Gasteiger partial charge in [-0.25, -0.2) is 0 Å². The lowest BCUT2D eigenvalue weighted by molar-refractivity contribution is -0.104. The first-order valence-corrected chi connectivity index (χ1v) is 2.05. The first kappa shape index (κ1) is 6.37. The number of allylic oxidation sites excluding steroid dienone is 1. The summed E-state index contributed by atoms with van der Waals surface area (Å²) in [5.74, 6) is 0. The summed E-state index contributed by atoms with van der Waals surface area (Å²) < 4.78 is 4.50. The predicted octanol–water partition coefficient (Wildman–Crippen LogP) is 0.388. The Kier molecular flexibility index (Phi) is 4.89. The van der Waals surface area contributed by atoms with Crippen LogP contribution < -0.4 is 0 Å². The van der Waals surface area contributed by atoms with Crippen LogP contribution in [0.1, 0.15) is 0 Å². The van der Waals surface area contributed by atoms with Gasteiger partial charge in [0.2, 0.25) is 0 Å². The molecule has 1 fully saturated rings. The number of carbonyl (C=O) groups is 1. The van der Waals surface area contributed by atoms with Crippen molar-refractivity contribution in [1.29, 1.82) is 0 Å². The van der Waals surface area contributed by atoms with Gasteiger partial charge >= 0.3 is 0 Å². The van der Waals surface area contributed by atoms with Crippen molar-refractivity contribution in [3.63, 3.8) is 0 Å². The molecule has 0 atom stereocenters. The Balaban J connectivity index is 0.000000105. The maximum atomic E-state index is 9.06. The highest BCUT2D eigenvalue weighted by atomic mass is 16.6. The molecule has 0 radical (unpaired) electrons. The monoisotopic (exact) mass is 100 g/mol. The van der Waals surface area contributed by atoms with E-state index in [9.17, 15) is 0 Å². The lowest BCUT2D eigenvalue weighted by Crippen LogP contribution is -1.44. The smallest absolute Gasteiger partial charge is 0.142 e. The van der Waals surface area contributed by atoms with E-state index in [0.717, 1.165) is 13.2 Å². The quantitative estimate of drug-likeness (QED) is 0.271. The third-order valence-electron chi connectivity index (χ3n) is 0.300. The van der Waals surface area contributed by atoms with Crippen LogP contribution in [0.3, 0.4) is 0 Å². The Morgan fingerprint density at radius 2 is 1.86 bits per heavy atom. The van der Waals surface area contributed by atoms with Gasteiger partial charge in [0.1, 0.15) is 6.29 Å². The molecular weight excluding hydrogens is 92.1 g/mol. The van der Waals surface area contributed by atoms with Crippen LogP contribution in [-0.2, 0) is 9.53 Å². The Labute approximate surface area is 42.8 Å². The van der Waals surface area contributed by atoms with Gasteiger partial charge in [0, 0.05) is 0 Å². The van der Waals surface area contributed by atoms with Gasteiger partial charge in [-0.3, -0.25) is 4.79 Å². The average Bonchev–Trinajstić information content (AvgIpc) is 2.47. The van der Waals surface area contributed by atoms with E-state index in [-0.39, 0.29) is 0 Å². The topological polar surface area (TPSA) is 29.6 Å². The van der Waals surface area contributed by atoms with Crippen molar-refractivity contribution in [2.24, 2.45) is 0 Å². The Bertz CT molecular complexity index is 48.3. The van der Waals surface area contributed by atoms with Crippen LogP contribution in [0.2, 0.25) is 0 Å². The standard InChI is InChI=1S/C3H4O.C2H4O/c1-2-3-4;1-2-3-1/h2-3H,1H2;1-2H2. The van der Waals surface area contributed by atoms with Crippen LogP contribution in [0.5, 0.6) is 0 Å². The zero-order valence-corrected chi connectivity index (χ0v) is 4.09. The van der Waals surface area contributed by atoms with E-state index in [1.54, 1.807) is 0 Å². The molecular formula is C5H8O2. The molecule has 0 aromatic carbocycles. The van der Waals surface area contributed by atoms with Crippen LogP contribution in [0, 0.1) is 0 Å². The number of hydrogen-bond donors (Lipinski definition) is 0. The minimum atomic E-state index is 0.639. The van der Waals surface area contributed by atoms with Gasteiger partial charge in [-0.2, -0.15) is 0 Å². The Morgan fingerprint density at radius 1 is 1.57 bits per heavy atom. The molecule has 0 bridgehead atoms. The molecule has 0 aliphatic carbocycles. The fourth-order valence-corrected chi connectivity index (χ4v) is 0. The van der Waals surface area contributed by atoms with Gasteiger partial charge in [-0.15, -0.1) is 0 Å². The van der Waals surface area contributed by atoms with Crippen molar-refractivity contribution in [3.8, 4) is 0 Å². The first-order chi connectivity index (χ1) is 3.41. The highest BCUT2D eigenvalue weighted by Gasteiger charge is 1.94. The lowest BCUT2D eigenvalue weighted by atomic mass is 10.8. The fourth-order valence-electron chi connectivity index (χ4n) is 0. The van der Waals surface area contributed by atoms with Gasteiger partial charge in [0.15, 0.2) is 0 Å². The van der Waals surface area contributed by atoms with E-state index in [1.165, 1.54) is 6.08 Å². The van der Waals surface area contributed by atoms with Crippen molar-refractivity contribution in [1.82, 2.24) is 0 Å². The van der Waals surface area contributed by atoms with E-state index < -0.39 is 0 Å². The highest BCUT2D eigenvalue weighted by molar-refractivity contribution is 5.63. The normalized spacial score (nSPS) is 13.1. The van der Waals surface area contributed by atoms with Gasteiger partial charge in [0.05, 0.1) is 13.2 Å². The molecule has 0 N–H and O–H groups in total. The summed E-state index contributed by atoms with van der Waals surface area (Å²) in [6.07, 6.45) is 1.83. The third kappa shape index (κ3) is 32.5. The van der Waals surface area contributed by atoms with E-state index in [4.69, 9.17) is 4.79 Å². The van der Waals surface area contributed by atoms with Gasteiger partial charge in [0.25, 0.3) is 0 Å². The molecule has 1 saturated heterocycles. The number of carbonyl (C=O) groups excluding carboxylic acids is 1. The number of rotatable bonds is 1. The number of hydrogen-bond acceptors (Lipinski definition) is 2. The van der Waals surface area contributed by atoms with Crippen LogP contribution in [-0.4, -0.2) is 19.5 Å². The van der Waals surface area contributed by atoms with Crippen molar-refractivity contribution >= 4 is 6.29 Å². The predicted molar refractivity (Wildman–Crippen MR) is 27.1 cm³/mol. The Hall–Kier alpha value is -0.630. The molecule has 0 spiro atoms. The third-order valence-corrected chi connectivity index (χ3v) is 0.300. The minimum Gasteiger partial charge on any atom is -0.377 e. The number of ether oxygens (including phenoxy) is 1. The second-order valence-corrected chi connectivity index (χ2v) is 0.984. The second-order valence-electron chi connectivity index (χ2n) is 0.984. The zero-order chi connectivity index (χ0) is 5.54. The largest absolute Gasteiger partial charge is 0.377 e. The maximum absolute atomic E-state index is 9.06. The summed E-state index contributed by atoms with van der Waals surface area (Å²) in [5.41, 5.74) is 0. The highest BCUT2D eigenvalue weighted by Crippen LogP contribution is 1.84. The van der Waals surface area contributed by atoms with E-state index in [1.807, 2.05) is 0 Å². The summed E-state index contributed by atoms with van der Waals surface area (Å²) in [6.45, 7) is 5.11. The molecule has 7 heavy (non-hydrogen) atoms. The molecule has 0 amide bonds. The van der Waals surface area contributed by atoms with Crippen molar-refractivity contribution in [3.05, 3.63) is 12.7 Å². The molecule has 2 nitrogen and oxygen atoms in total. The molecule has 40 valence electrons. The van der Waals surface area contributed by atoms with Crippen molar-refractivity contribution < 1.29 is 9.53 Å². The van der Waals surface area contributed by atoms with Crippen molar-refractivity contribution in [2.45, 2.75) is 0 Å². The fraction of sp³-hybridized carbons (Fsp3) is 0.400. The summed E-state index contributed by atoms with van der Waals surface area (Å²) in [6, 6.07) is 0. The molecule has 0 saturated carbocycles. The summed E-state index contributed by atoms with van der Waals surface area (Å²) in [7, 11) is 0. The SMILES string of the molecule is C1CO1.C=CC=O. The van der Waals surface area contributed by atoms with Crippen LogP contribution >= 0.6 is 0 Å². The zero-order valence-electron chi connectivity index (χ0n) is 4.09. The van der Waals surface area contributed by atoms with Crippen LogP contribution in [0.4, 0.5) is 0 Å². The van der Waals surface area contributed by atoms with Crippen LogP contribution in [0.25, 0.3) is 0 Å².